The minimum Gasteiger partial charge on any atom is -0.308 e. The molecule has 4 nitrogen and oxygen atoms in total. The first kappa shape index (κ1) is 32.2. The van der Waals surface area contributed by atoms with Crippen LogP contribution in [0.3, 0.4) is 0 Å². The van der Waals surface area contributed by atoms with Crippen LogP contribution < -0.4 is 0 Å². The molecule has 258 valence electrons. The van der Waals surface area contributed by atoms with E-state index < -0.39 is 0 Å². The second-order valence-electron chi connectivity index (χ2n) is 13.6. The van der Waals surface area contributed by atoms with Crippen LogP contribution in [0.15, 0.2) is 206 Å². The lowest BCUT2D eigenvalue weighted by atomic mass is 9.99. The Morgan fingerprint density at radius 3 is 1.29 bits per heavy atom. The highest BCUT2D eigenvalue weighted by Gasteiger charge is 2.20. The Labute approximate surface area is 319 Å². The predicted molar refractivity (Wildman–Crippen MR) is 227 cm³/mol. The molecule has 55 heavy (non-hydrogen) atoms. The summed E-state index contributed by atoms with van der Waals surface area (Å²) in [7, 11) is 0. The topological polar surface area (TPSA) is 43.6 Å². The van der Waals surface area contributed by atoms with Gasteiger partial charge in [0, 0.05) is 27.5 Å². The first-order valence-corrected chi connectivity index (χ1v) is 18.5. The molecular weight excluding hydrogens is 669 g/mol. The molecule has 0 spiro atoms. The molecule has 0 fully saturated rings. The molecule has 4 heteroatoms. The summed E-state index contributed by atoms with van der Waals surface area (Å²) in [4.78, 5) is 15.6. The highest BCUT2D eigenvalue weighted by atomic mass is 15.1. The third-order valence-corrected chi connectivity index (χ3v) is 10.3. The van der Waals surface area contributed by atoms with E-state index in [4.69, 9.17) is 15.0 Å². The zero-order valence-corrected chi connectivity index (χ0v) is 29.9. The summed E-state index contributed by atoms with van der Waals surface area (Å²) in [6.45, 7) is 0. The molecular formula is C51H34N4. The predicted octanol–water partition coefficient (Wildman–Crippen LogP) is 13.0. The Morgan fingerprint density at radius 2 is 0.691 bits per heavy atom. The van der Waals surface area contributed by atoms with Gasteiger partial charge in [-0.2, -0.15) is 0 Å². The smallest absolute Gasteiger partial charge is 0.166 e. The Bertz CT molecular complexity index is 2830. The van der Waals surface area contributed by atoms with Gasteiger partial charge in [-0.15, -0.1) is 0 Å². The molecule has 0 aliphatic heterocycles. The van der Waals surface area contributed by atoms with Gasteiger partial charge in [0.15, 0.2) is 17.5 Å². The summed E-state index contributed by atoms with van der Waals surface area (Å²) in [6, 6.07) is 72.1. The van der Waals surface area contributed by atoms with Crippen molar-refractivity contribution in [2.45, 2.75) is 0 Å². The first-order valence-electron chi connectivity index (χ1n) is 18.5. The van der Waals surface area contributed by atoms with Crippen LogP contribution in [0.1, 0.15) is 0 Å². The maximum atomic E-state index is 5.23. The summed E-state index contributed by atoms with van der Waals surface area (Å²) in [6.07, 6.45) is 0. The maximum absolute atomic E-state index is 5.23. The van der Waals surface area contributed by atoms with Crippen LogP contribution in [-0.4, -0.2) is 19.5 Å². The molecule has 0 amide bonds. The third kappa shape index (κ3) is 5.96. The Morgan fingerprint density at radius 1 is 0.273 bits per heavy atom. The standard InChI is InChI=1S/C51H34N4/c1-4-15-35(16-5-1)37-27-31-40(32-28-37)49-52-50(41-33-29-38(30-34-41)36-17-6-2-7-18-36)54-51(53-49)44-22-11-13-25-46(44)55-45-24-12-10-21-43(45)48-42(23-14-26-47(48)55)39-19-8-3-9-20-39/h1-34H. The fourth-order valence-corrected chi connectivity index (χ4v) is 7.63. The fourth-order valence-electron chi connectivity index (χ4n) is 7.63. The van der Waals surface area contributed by atoms with E-state index in [9.17, 15) is 0 Å². The number of hydrogen-bond donors (Lipinski definition) is 0. The number of fused-ring (bicyclic) bond motifs is 3. The van der Waals surface area contributed by atoms with Crippen LogP contribution >= 0.6 is 0 Å². The molecule has 0 N–H and O–H groups in total. The van der Waals surface area contributed by atoms with Crippen LogP contribution in [0.25, 0.3) is 95.0 Å². The van der Waals surface area contributed by atoms with Crippen LogP contribution in [-0.2, 0) is 0 Å². The molecule has 0 bridgehead atoms. The van der Waals surface area contributed by atoms with Crippen LogP contribution in [0.2, 0.25) is 0 Å². The van der Waals surface area contributed by atoms with Gasteiger partial charge >= 0.3 is 0 Å². The van der Waals surface area contributed by atoms with Crippen LogP contribution in [0.4, 0.5) is 0 Å². The Hall–Kier alpha value is -7.43. The normalized spacial score (nSPS) is 11.3. The fraction of sp³-hybridized carbons (Fsp3) is 0. The molecule has 0 saturated carbocycles. The van der Waals surface area contributed by atoms with Gasteiger partial charge in [-0.05, 0) is 57.6 Å². The molecule has 0 aliphatic carbocycles. The van der Waals surface area contributed by atoms with Gasteiger partial charge < -0.3 is 4.57 Å². The first-order chi connectivity index (χ1) is 27.3. The lowest BCUT2D eigenvalue weighted by molar-refractivity contribution is 1.06. The summed E-state index contributed by atoms with van der Waals surface area (Å²) in [5, 5.41) is 2.41. The van der Waals surface area contributed by atoms with Gasteiger partial charge in [0.25, 0.3) is 0 Å². The minimum absolute atomic E-state index is 0.611. The van der Waals surface area contributed by atoms with Gasteiger partial charge in [-0.3, -0.25) is 0 Å². The van der Waals surface area contributed by atoms with Crippen molar-refractivity contribution in [3.05, 3.63) is 206 Å². The highest BCUT2D eigenvalue weighted by molar-refractivity contribution is 6.16. The number of rotatable bonds is 7. The zero-order valence-electron chi connectivity index (χ0n) is 29.9. The molecule has 8 aromatic carbocycles. The summed E-state index contributed by atoms with van der Waals surface area (Å²) in [5.41, 5.74) is 13.0. The van der Waals surface area contributed by atoms with Crippen LogP contribution in [0, 0.1) is 0 Å². The monoisotopic (exact) mass is 702 g/mol. The minimum atomic E-state index is 0.611. The second-order valence-corrected chi connectivity index (χ2v) is 13.6. The quantitative estimate of drug-likeness (QED) is 0.166. The molecule has 10 rings (SSSR count). The SMILES string of the molecule is c1ccc(-c2ccc(-c3nc(-c4ccc(-c5ccccc5)cc4)nc(-c4ccccc4-n4c5ccccc5c5c(-c6ccccc6)cccc54)n3)cc2)cc1. The molecule has 0 unspecified atom stereocenters. The van der Waals surface area contributed by atoms with E-state index in [-0.39, 0.29) is 0 Å². The van der Waals surface area contributed by atoms with Gasteiger partial charge in [0.05, 0.1) is 16.7 Å². The van der Waals surface area contributed by atoms with E-state index >= 15 is 0 Å². The molecule has 2 heterocycles. The Kier molecular flexibility index (Phi) is 8.12. The zero-order chi connectivity index (χ0) is 36.6. The summed E-state index contributed by atoms with van der Waals surface area (Å²) in [5.74, 6) is 1.85. The molecule has 0 radical (unpaired) electrons. The van der Waals surface area contributed by atoms with Gasteiger partial charge in [0.1, 0.15) is 0 Å². The average Bonchev–Trinajstić information content (AvgIpc) is 3.62. The van der Waals surface area contributed by atoms with Crippen LogP contribution in [0.5, 0.6) is 0 Å². The van der Waals surface area contributed by atoms with Crippen molar-refractivity contribution in [1.29, 1.82) is 0 Å². The van der Waals surface area contributed by atoms with Crippen molar-refractivity contribution in [2.24, 2.45) is 0 Å². The number of nitrogens with zero attached hydrogens (tertiary/aromatic N) is 4. The number of benzene rings is 8. The number of aromatic nitrogens is 4. The van der Waals surface area contributed by atoms with Gasteiger partial charge in [-0.1, -0.05) is 182 Å². The van der Waals surface area contributed by atoms with E-state index in [1.54, 1.807) is 0 Å². The molecule has 2 aromatic heterocycles. The van der Waals surface area contributed by atoms with E-state index in [1.165, 1.54) is 33.0 Å². The number of hydrogen-bond acceptors (Lipinski definition) is 3. The second kappa shape index (κ2) is 13.8. The molecule has 0 saturated heterocycles. The van der Waals surface area contributed by atoms with Gasteiger partial charge in [0.2, 0.25) is 0 Å². The number of para-hydroxylation sites is 2. The third-order valence-electron chi connectivity index (χ3n) is 10.3. The Balaban J connectivity index is 1.16. The molecule has 0 aliphatic rings. The average molecular weight is 703 g/mol. The van der Waals surface area contributed by atoms with E-state index in [2.05, 4.69) is 199 Å². The van der Waals surface area contributed by atoms with Crippen molar-refractivity contribution in [3.8, 4) is 73.2 Å². The maximum Gasteiger partial charge on any atom is 0.166 e. The highest BCUT2D eigenvalue weighted by Crippen LogP contribution is 2.40. The summed E-state index contributed by atoms with van der Waals surface area (Å²) < 4.78 is 2.36. The van der Waals surface area contributed by atoms with Crippen molar-refractivity contribution < 1.29 is 0 Å². The van der Waals surface area contributed by atoms with Crippen molar-refractivity contribution >= 4 is 21.8 Å². The lowest BCUT2D eigenvalue weighted by Crippen LogP contribution is -2.03. The van der Waals surface area contributed by atoms with E-state index in [1.807, 2.05) is 12.1 Å². The van der Waals surface area contributed by atoms with Crippen molar-refractivity contribution in [2.75, 3.05) is 0 Å². The van der Waals surface area contributed by atoms with E-state index in [0.717, 1.165) is 44.5 Å². The van der Waals surface area contributed by atoms with Crippen molar-refractivity contribution in [1.82, 2.24) is 19.5 Å². The van der Waals surface area contributed by atoms with Gasteiger partial charge in [-0.25, -0.2) is 15.0 Å². The lowest BCUT2D eigenvalue weighted by Gasteiger charge is -2.15. The largest absolute Gasteiger partial charge is 0.308 e. The summed E-state index contributed by atoms with van der Waals surface area (Å²) >= 11 is 0. The molecule has 10 aromatic rings. The van der Waals surface area contributed by atoms with E-state index in [0.29, 0.717) is 17.5 Å². The van der Waals surface area contributed by atoms with Crippen molar-refractivity contribution in [3.63, 3.8) is 0 Å². The molecule has 0 atom stereocenters.